The summed E-state index contributed by atoms with van der Waals surface area (Å²) < 4.78 is 0. The van der Waals surface area contributed by atoms with Gasteiger partial charge in [0.05, 0.1) is 13.1 Å². The lowest BCUT2D eigenvalue weighted by Gasteiger charge is -2.23. The predicted molar refractivity (Wildman–Crippen MR) is 97.7 cm³/mol. The SMILES string of the molecule is CCCc1ccc([C@H](NCC(=O)NCC(=O)N(C)C)C(C)C)cc1. The van der Waals surface area contributed by atoms with Crippen molar-refractivity contribution in [2.75, 3.05) is 27.2 Å². The lowest BCUT2D eigenvalue weighted by atomic mass is 9.94. The van der Waals surface area contributed by atoms with Crippen molar-refractivity contribution in [2.45, 2.75) is 39.7 Å². The molecular formula is C19H31N3O2. The van der Waals surface area contributed by atoms with Gasteiger partial charge in [-0.1, -0.05) is 51.5 Å². The Morgan fingerprint density at radius 2 is 1.71 bits per heavy atom. The van der Waals surface area contributed by atoms with Crippen molar-refractivity contribution >= 4 is 11.8 Å². The highest BCUT2D eigenvalue weighted by atomic mass is 16.2. The zero-order chi connectivity index (χ0) is 18.1. The van der Waals surface area contributed by atoms with Gasteiger partial charge < -0.3 is 15.5 Å². The summed E-state index contributed by atoms with van der Waals surface area (Å²) in [5.41, 5.74) is 2.52. The number of carbonyl (C=O) groups excluding carboxylic acids is 2. The maximum absolute atomic E-state index is 11.9. The number of nitrogens with zero attached hydrogens (tertiary/aromatic N) is 1. The van der Waals surface area contributed by atoms with Crippen LogP contribution in [0.25, 0.3) is 0 Å². The van der Waals surface area contributed by atoms with Crippen molar-refractivity contribution in [3.05, 3.63) is 35.4 Å². The monoisotopic (exact) mass is 333 g/mol. The van der Waals surface area contributed by atoms with Crippen LogP contribution in [0.2, 0.25) is 0 Å². The second-order valence-electron chi connectivity index (χ2n) is 6.66. The average molecular weight is 333 g/mol. The zero-order valence-corrected chi connectivity index (χ0v) is 15.6. The first-order valence-electron chi connectivity index (χ1n) is 8.64. The van der Waals surface area contributed by atoms with Gasteiger partial charge in [-0.3, -0.25) is 9.59 Å². The third kappa shape index (κ3) is 6.71. The molecule has 0 aliphatic carbocycles. The molecule has 2 N–H and O–H groups in total. The first-order valence-corrected chi connectivity index (χ1v) is 8.64. The number of aryl methyl sites for hydroxylation is 1. The summed E-state index contributed by atoms with van der Waals surface area (Å²) >= 11 is 0. The molecule has 0 unspecified atom stereocenters. The summed E-state index contributed by atoms with van der Waals surface area (Å²) in [7, 11) is 3.34. The highest BCUT2D eigenvalue weighted by Gasteiger charge is 2.17. The third-order valence-electron chi connectivity index (χ3n) is 3.96. The standard InChI is InChI=1S/C19H31N3O2/c1-6-7-15-8-10-16(11-9-15)19(14(2)3)21-12-17(23)20-13-18(24)22(4)5/h8-11,14,19,21H,6-7,12-13H2,1-5H3,(H,20,23)/t19-/m1/s1. The van der Waals surface area contributed by atoms with E-state index in [9.17, 15) is 9.59 Å². The Hall–Kier alpha value is -1.88. The Balaban J connectivity index is 2.57. The lowest BCUT2D eigenvalue weighted by molar-refractivity contribution is -0.130. The largest absolute Gasteiger partial charge is 0.347 e. The molecular weight excluding hydrogens is 302 g/mol. The average Bonchev–Trinajstić information content (AvgIpc) is 2.54. The summed E-state index contributed by atoms with van der Waals surface area (Å²) in [6.45, 7) is 6.66. The molecule has 5 nitrogen and oxygen atoms in total. The first-order chi connectivity index (χ1) is 11.3. The smallest absolute Gasteiger partial charge is 0.241 e. The minimum absolute atomic E-state index is 0.0333. The van der Waals surface area contributed by atoms with E-state index in [4.69, 9.17) is 0 Å². The van der Waals surface area contributed by atoms with E-state index in [1.54, 1.807) is 14.1 Å². The molecule has 2 amide bonds. The Kier molecular flexibility index (Phi) is 8.47. The molecule has 0 aliphatic heterocycles. The molecule has 0 spiro atoms. The number of benzene rings is 1. The maximum Gasteiger partial charge on any atom is 0.241 e. The van der Waals surface area contributed by atoms with Crippen molar-refractivity contribution in [2.24, 2.45) is 5.92 Å². The van der Waals surface area contributed by atoms with Crippen LogP contribution in [0.15, 0.2) is 24.3 Å². The molecule has 0 heterocycles. The summed E-state index contributed by atoms with van der Waals surface area (Å²) in [5, 5.41) is 5.95. The second kappa shape index (κ2) is 10.1. The number of likely N-dealkylation sites (N-methyl/N-ethyl adjacent to an activating group) is 1. The van der Waals surface area contributed by atoms with Crippen molar-refractivity contribution in [3.8, 4) is 0 Å². The molecule has 24 heavy (non-hydrogen) atoms. The van der Waals surface area contributed by atoms with E-state index < -0.39 is 0 Å². The normalized spacial score (nSPS) is 12.1. The summed E-state index contributed by atoms with van der Waals surface area (Å²) in [4.78, 5) is 24.9. The van der Waals surface area contributed by atoms with E-state index in [1.807, 2.05) is 0 Å². The summed E-state index contributed by atoms with van der Waals surface area (Å²) in [6, 6.07) is 8.69. The fourth-order valence-electron chi connectivity index (χ4n) is 2.52. The van der Waals surface area contributed by atoms with E-state index in [0.29, 0.717) is 5.92 Å². The van der Waals surface area contributed by atoms with E-state index >= 15 is 0 Å². The van der Waals surface area contributed by atoms with Gasteiger partial charge in [0.15, 0.2) is 0 Å². The highest BCUT2D eigenvalue weighted by Crippen LogP contribution is 2.22. The van der Waals surface area contributed by atoms with Crippen LogP contribution in [-0.4, -0.2) is 43.9 Å². The minimum atomic E-state index is -0.168. The van der Waals surface area contributed by atoms with Crippen LogP contribution in [0, 0.1) is 5.92 Å². The van der Waals surface area contributed by atoms with Crippen molar-refractivity contribution in [1.82, 2.24) is 15.5 Å². The van der Waals surface area contributed by atoms with Crippen molar-refractivity contribution in [3.63, 3.8) is 0 Å². The maximum atomic E-state index is 11.9. The zero-order valence-electron chi connectivity index (χ0n) is 15.6. The van der Waals surface area contributed by atoms with Crippen LogP contribution in [0.5, 0.6) is 0 Å². The van der Waals surface area contributed by atoms with Crippen LogP contribution < -0.4 is 10.6 Å². The van der Waals surface area contributed by atoms with Crippen molar-refractivity contribution in [1.29, 1.82) is 0 Å². The van der Waals surface area contributed by atoms with Gasteiger partial charge in [-0.05, 0) is 23.5 Å². The molecule has 1 aromatic rings. The highest BCUT2D eigenvalue weighted by molar-refractivity contribution is 5.85. The predicted octanol–water partition coefficient (Wildman–Crippen LogP) is 2.13. The van der Waals surface area contributed by atoms with Gasteiger partial charge >= 0.3 is 0 Å². The minimum Gasteiger partial charge on any atom is -0.347 e. The van der Waals surface area contributed by atoms with Crippen LogP contribution in [0.3, 0.4) is 0 Å². The number of carbonyl (C=O) groups is 2. The fraction of sp³-hybridized carbons (Fsp3) is 0.579. The molecule has 134 valence electrons. The van der Waals surface area contributed by atoms with Gasteiger partial charge in [-0.15, -0.1) is 0 Å². The van der Waals surface area contributed by atoms with Gasteiger partial charge in [-0.25, -0.2) is 0 Å². The van der Waals surface area contributed by atoms with Crippen LogP contribution in [-0.2, 0) is 16.0 Å². The molecule has 0 radical (unpaired) electrons. The second-order valence-corrected chi connectivity index (χ2v) is 6.66. The van der Waals surface area contributed by atoms with E-state index in [2.05, 4.69) is 55.7 Å². The first kappa shape index (κ1) is 20.2. The van der Waals surface area contributed by atoms with Gasteiger partial charge in [0, 0.05) is 20.1 Å². The van der Waals surface area contributed by atoms with Gasteiger partial charge in [0.25, 0.3) is 0 Å². The van der Waals surface area contributed by atoms with Gasteiger partial charge in [0.2, 0.25) is 11.8 Å². The van der Waals surface area contributed by atoms with E-state index in [1.165, 1.54) is 16.0 Å². The molecule has 5 heteroatoms. The van der Waals surface area contributed by atoms with Crippen LogP contribution in [0.4, 0.5) is 0 Å². The molecule has 0 fully saturated rings. The Labute approximate surface area is 145 Å². The number of hydrogen-bond acceptors (Lipinski definition) is 3. The molecule has 0 aromatic heterocycles. The summed E-state index contributed by atoms with van der Waals surface area (Å²) in [6.07, 6.45) is 2.22. The van der Waals surface area contributed by atoms with Crippen LogP contribution >= 0.6 is 0 Å². The summed E-state index contributed by atoms with van der Waals surface area (Å²) in [5.74, 6) is 0.0759. The molecule has 0 saturated heterocycles. The Morgan fingerprint density at radius 3 is 2.21 bits per heavy atom. The van der Waals surface area contributed by atoms with Crippen LogP contribution in [0.1, 0.15) is 44.4 Å². The third-order valence-corrected chi connectivity index (χ3v) is 3.96. The van der Waals surface area contributed by atoms with E-state index in [0.717, 1.165) is 12.8 Å². The van der Waals surface area contributed by atoms with E-state index in [-0.39, 0.29) is 30.9 Å². The lowest BCUT2D eigenvalue weighted by Crippen LogP contribution is -2.41. The number of nitrogens with one attached hydrogen (secondary N) is 2. The Bertz CT molecular complexity index is 524. The number of rotatable bonds is 9. The number of amides is 2. The molecule has 0 saturated carbocycles. The molecule has 1 atom stereocenters. The molecule has 1 rings (SSSR count). The van der Waals surface area contributed by atoms with Gasteiger partial charge in [-0.2, -0.15) is 0 Å². The van der Waals surface area contributed by atoms with Crippen molar-refractivity contribution < 1.29 is 9.59 Å². The molecule has 0 aliphatic rings. The topological polar surface area (TPSA) is 61.4 Å². The van der Waals surface area contributed by atoms with Gasteiger partial charge in [0.1, 0.15) is 0 Å². The molecule has 1 aromatic carbocycles. The number of hydrogen-bond donors (Lipinski definition) is 2. The quantitative estimate of drug-likeness (QED) is 0.728. The fourth-order valence-corrected chi connectivity index (χ4v) is 2.52. The molecule has 0 bridgehead atoms. The Morgan fingerprint density at radius 1 is 1.08 bits per heavy atom.